The fourth-order valence-electron chi connectivity index (χ4n) is 1.43. The molecule has 2 rings (SSSR count). The van der Waals surface area contributed by atoms with Gasteiger partial charge in [-0.05, 0) is 23.3 Å². The smallest absolute Gasteiger partial charge is 0.199 e. The van der Waals surface area contributed by atoms with Gasteiger partial charge >= 0.3 is 0 Å². The van der Waals surface area contributed by atoms with Crippen LogP contribution in [0, 0.1) is 0 Å². The van der Waals surface area contributed by atoms with Crippen molar-refractivity contribution in [1.29, 1.82) is 0 Å². The van der Waals surface area contributed by atoms with E-state index in [-0.39, 0.29) is 0 Å². The lowest BCUT2D eigenvalue weighted by molar-refractivity contribution is 0.525. The Morgan fingerprint density at radius 2 is 1.44 bits per heavy atom. The van der Waals surface area contributed by atoms with Gasteiger partial charge in [-0.25, -0.2) is 0 Å². The van der Waals surface area contributed by atoms with Gasteiger partial charge in [0.15, 0.2) is 0 Å². The third kappa shape index (κ3) is 3.87. The second-order valence-corrected chi connectivity index (χ2v) is 6.34. The minimum Gasteiger partial charge on any atom is -0.199 e. The zero-order chi connectivity index (χ0) is 13.0. The van der Waals surface area contributed by atoms with Gasteiger partial charge in [0.1, 0.15) is 0 Å². The molecule has 0 amide bonds. The van der Waals surface area contributed by atoms with E-state index in [1.165, 1.54) is 0 Å². The van der Waals surface area contributed by atoms with E-state index in [1.807, 2.05) is 54.6 Å². The maximum atomic E-state index is 10.8. The summed E-state index contributed by atoms with van der Waals surface area (Å²) in [5.74, 6) is 0. The Morgan fingerprint density at radius 3 is 2.00 bits per heavy atom. The molecule has 0 heterocycles. The lowest BCUT2D eigenvalue weighted by Crippen LogP contribution is -1.95. The van der Waals surface area contributed by atoms with Crippen LogP contribution in [0.4, 0.5) is 0 Å². The van der Waals surface area contributed by atoms with Crippen LogP contribution in [0.1, 0.15) is 0 Å². The molecule has 94 valence electrons. The average molecular weight is 280 g/mol. The monoisotopic (exact) mass is 280 g/mol. The largest absolute Gasteiger partial charge is 0.275 e. The van der Waals surface area contributed by atoms with Gasteiger partial charge in [-0.15, -0.1) is 0 Å². The second kappa shape index (κ2) is 5.56. The maximum absolute atomic E-state index is 10.8. The van der Waals surface area contributed by atoms with Crippen LogP contribution in [0.15, 0.2) is 59.5 Å². The molecule has 0 unspecified atom stereocenters. The highest BCUT2D eigenvalue weighted by Crippen LogP contribution is 2.25. The molecule has 0 N–H and O–H groups in total. The minimum atomic E-state index is -3.42. The molecule has 5 heteroatoms. The highest BCUT2D eigenvalue weighted by atomic mass is 32.3. The molecule has 18 heavy (non-hydrogen) atoms. The van der Waals surface area contributed by atoms with Gasteiger partial charge < -0.3 is 0 Å². The third-order valence-corrected chi connectivity index (χ3v) is 3.94. The summed E-state index contributed by atoms with van der Waals surface area (Å²) in [5.41, 5.74) is 2.21. The van der Waals surface area contributed by atoms with Crippen molar-refractivity contribution in [1.82, 2.24) is 0 Å². The first-order valence-corrected chi connectivity index (χ1v) is 7.82. The Morgan fingerprint density at radius 1 is 0.889 bits per heavy atom. The standard InChI is InChI=1S/C13H12O3S2/c1-18(14,15)16-17-13-9-7-12(8-10-13)11-5-3-2-4-6-11/h2-10H,1H3. The molecule has 0 bridgehead atoms. The Bertz CT molecular complexity index is 604. The zero-order valence-corrected chi connectivity index (χ0v) is 11.4. The predicted molar refractivity (Wildman–Crippen MR) is 73.7 cm³/mol. The van der Waals surface area contributed by atoms with Crippen molar-refractivity contribution < 1.29 is 12.0 Å². The number of benzene rings is 2. The van der Waals surface area contributed by atoms with Crippen LogP contribution >= 0.6 is 12.0 Å². The van der Waals surface area contributed by atoms with E-state index < -0.39 is 10.1 Å². The molecular weight excluding hydrogens is 268 g/mol. The van der Waals surface area contributed by atoms with E-state index in [9.17, 15) is 8.42 Å². The summed E-state index contributed by atoms with van der Waals surface area (Å²) in [4.78, 5) is 0.750. The van der Waals surface area contributed by atoms with Gasteiger partial charge in [-0.1, -0.05) is 42.5 Å². The lowest BCUT2D eigenvalue weighted by Gasteiger charge is -2.03. The number of hydrogen-bond acceptors (Lipinski definition) is 4. The van der Waals surface area contributed by atoms with Gasteiger partial charge in [0, 0.05) is 16.9 Å². The summed E-state index contributed by atoms with van der Waals surface area (Å²) in [6, 6.07) is 17.5. The Kier molecular flexibility index (Phi) is 4.06. The lowest BCUT2D eigenvalue weighted by atomic mass is 10.1. The summed E-state index contributed by atoms with van der Waals surface area (Å²) in [6.45, 7) is 0. The van der Waals surface area contributed by atoms with E-state index in [0.717, 1.165) is 34.3 Å². The Balaban J connectivity index is 2.11. The summed E-state index contributed by atoms with van der Waals surface area (Å²) < 4.78 is 26.3. The van der Waals surface area contributed by atoms with Crippen molar-refractivity contribution in [2.45, 2.75) is 4.90 Å². The molecule has 0 aromatic heterocycles. The quantitative estimate of drug-likeness (QED) is 0.806. The van der Waals surface area contributed by atoms with Crippen molar-refractivity contribution in [3.8, 4) is 11.1 Å². The van der Waals surface area contributed by atoms with E-state index in [4.69, 9.17) is 0 Å². The molecule has 0 fully saturated rings. The molecular formula is C13H12O3S2. The molecule has 2 aromatic carbocycles. The molecule has 0 saturated heterocycles. The average Bonchev–Trinajstić information content (AvgIpc) is 2.37. The van der Waals surface area contributed by atoms with Gasteiger partial charge in [0.2, 0.25) is 0 Å². The SMILES string of the molecule is CS(=O)(=O)OSc1ccc(-c2ccccc2)cc1. The molecule has 0 radical (unpaired) electrons. The van der Waals surface area contributed by atoms with Gasteiger partial charge in [-0.3, -0.25) is 0 Å². The molecule has 3 nitrogen and oxygen atoms in total. The third-order valence-electron chi connectivity index (χ3n) is 2.22. The van der Waals surface area contributed by atoms with Crippen molar-refractivity contribution in [3.63, 3.8) is 0 Å². The predicted octanol–water partition coefficient (Wildman–Crippen LogP) is 3.34. The van der Waals surface area contributed by atoms with Gasteiger partial charge in [-0.2, -0.15) is 12.0 Å². The van der Waals surface area contributed by atoms with Crippen molar-refractivity contribution >= 4 is 22.2 Å². The summed E-state index contributed by atoms with van der Waals surface area (Å²) in [6.07, 6.45) is 1.03. The first-order valence-electron chi connectivity index (χ1n) is 5.26. The van der Waals surface area contributed by atoms with Crippen LogP contribution in [0.2, 0.25) is 0 Å². The summed E-state index contributed by atoms with van der Waals surface area (Å²) >= 11 is 0.843. The minimum absolute atomic E-state index is 0.750. The second-order valence-electron chi connectivity index (χ2n) is 3.75. The van der Waals surface area contributed by atoms with Crippen LogP contribution in [0.3, 0.4) is 0 Å². The maximum Gasteiger partial charge on any atom is 0.275 e. The topological polar surface area (TPSA) is 43.4 Å². The highest BCUT2D eigenvalue weighted by Gasteiger charge is 2.04. The van der Waals surface area contributed by atoms with Crippen molar-refractivity contribution in [2.24, 2.45) is 0 Å². The molecule has 0 aliphatic carbocycles. The number of rotatable bonds is 4. The number of hydrogen-bond donors (Lipinski definition) is 0. The summed E-state index contributed by atoms with van der Waals surface area (Å²) in [5, 5.41) is 0. The van der Waals surface area contributed by atoms with Crippen molar-refractivity contribution in [2.75, 3.05) is 6.26 Å². The summed E-state index contributed by atoms with van der Waals surface area (Å²) in [7, 11) is -3.42. The van der Waals surface area contributed by atoms with E-state index in [1.54, 1.807) is 0 Å². The first kappa shape index (κ1) is 13.1. The normalized spacial score (nSPS) is 11.4. The van der Waals surface area contributed by atoms with Crippen LogP contribution in [0.5, 0.6) is 0 Å². The van der Waals surface area contributed by atoms with E-state index in [2.05, 4.69) is 3.63 Å². The van der Waals surface area contributed by atoms with Gasteiger partial charge in [0.05, 0.1) is 6.26 Å². The fourth-order valence-corrected chi connectivity index (χ4v) is 2.49. The Hall–Kier alpha value is -1.30. The van der Waals surface area contributed by atoms with E-state index >= 15 is 0 Å². The van der Waals surface area contributed by atoms with Crippen LogP contribution in [0.25, 0.3) is 11.1 Å². The highest BCUT2D eigenvalue weighted by molar-refractivity contribution is 8.04. The Labute approximate surface area is 111 Å². The molecule has 2 aromatic rings. The van der Waals surface area contributed by atoms with E-state index in [0.29, 0.717) is 0 Å². The van der Waals surface area contributed by atoms with Gasteiger partial charge in [0.25, 0.3) is 10.1 Å². The van der Waals surface area contributed by atoms with Crippen LogP contribution in [-0.4, -0.2) is 14.7 Å². The molecule has 0 aliphatic rings. The van der Waals surface area contributed by atoms with Crippen molar-refractivity contribution in [3.05, 3.63) is 54.6 Å². The van der Waals surface area contributed by atoms with Crippen LogP contribution < -0.4 is 0 Å². The molecule has 0 atom stereocenters. The molecule has 0 spiro atoms. The first-order chi connectivity index (χ1) is 8.54. The molecule has 0 aliphatic heterocycles. The fraction of sp³-hybridized carbons (Fsp3) is 0.0769. The molecule has 0 saturated carbocycles. The van der Waals surface area contributed by atoms with Crippen LogP contribution in [-0.2, 0) is 13.7 Å². The zero-order valence-electron chi connectivity index (χ0n) is 9.74.